The summed E-state index contributed by atoms with van der Waals surface area (Å²) in [7, 11) is 5.88. The quantitative estimate of drug-likeness (QED) is 0.0584. The van der Waals surface area contributed by atoms with Gasteiger partial charge in [-0.2, -0.15) is 0 Å². The third-order valence-electron chi connectivity index (χ3n) is 9.44. The highest BCUT2D eigenvalue weighted by atomic mass is 16.7. The summed E-state index contributed by atoms with van der Waals surface area (Å²) < 4.78 is 47.1. The lowest BCUT2D eigenvalue weighted by molar-refractivity contribution is -0.385. The van der Waals surface area contributed by atoms with Crippen molar-refractivity contribution in [1.29, 1.82) is 0 Å². The van der Waals surface area contributed by atoms with Crippen LogP contribution in [0, 0.1) is 20.2 Å². The van der Waals surface area contributed by atoms with Crippen molar-refractivity contribution in [3.8, 4) is 34.5 Å². The normalized spacial score (nSPS) is 18.6. The van der Waals surface area contributed by atoms with Crippen LogP contribution in [0.1, 0.15) is 22.3 Å². The number of hydrogen-bond acceptors (Lipinski definition) is 16. The third-order valence-corrected chi connectivity index (χ3v) is 9.44. The van der Waals surface area contributed by atoms with Gasteiger partial charge in [0, 0.05) is 47.5 Å². The fraction of sp³-hybridized carbons (Fsp3) is 0.300. The summed E-state index contributed by atoms with van der Waals surface area (Å²) in [6.45, 7) is 0.764. The summed E-state index contributed by atoms with van der Waals surface area (Å²) in [6.07, 6.45) is 2.69. The van der Waals surface area contributed by atoms with Gasteiger partial charge in [-0.3, -0.25) is 20.2 Å². The van der Waals surface area contributed by atoms with Crippen molar-refractivity contribution in [2.24, 2.45) is 0 Å². The Hall–Kier alpha value is -6.92. The van der Waals surface area contributed by atoms with E-state index in [2.05, 4.69) is 10.6 Å². The number of carbonyl (C=O) groups excluding carboxylic acids is 2. The lowest BCUT2D eigenvalue weighted by Gasteiger charge is -2.34. The maximum Gasteiger partial charge on any atom is 0.334 e. The summed E-state index contributed by atoms with van der Waals surface area (Å²) in [5.41, 5.74) is 1.84. The van der Waals surface area contributed by atoms with E-state index in [1.54, 1.807) is 24.3 Å². The smallest absolute Gasteiger partial charge is 0.334 e. The summed E-state index contributed by atoms with van der Waals surface area (Å²) in [6, 6.07) is 17.2. The van der Waals surface area contributed by atoms with E-state index in [0.717, 1.165) is 12.2 Å². The molecule has 0 bridgehead atoms. The Morgan fingerprint density at radius 1 is 0.586 bits per heavy atom. The van der Waals surface area contributed by atoms with Crippen molar-refractivity contribution in [3.63, 3.8) is 0 Å². The summed E-state index contributed by atoms with van der Waals surface area (Å²) in [4.78, 5) is 49.2. The van der Waals surface area contributed by atoms with Crippen molar-refractivity contribution in [1.82, 2.24) is 10.6 Å². The average molecular weight is 801 g/mol. The molecule has 304 valence electrons. The lowest BCUT2D eigenvalue weighted by Crippen LogP contribution is -2.46. The summed E-state index contributed by atoms with van der Waals surface area (Å²) in [5.74, 6) is -4.02. The predicted molar refractivity (Wildman–Crippen MR) is 204 cm³/mol. The van der Waals surface area contributed by atoms with Gasteiger partial charge in [0.05, 0.1) is 51.4 Å². The number of ether oxygens (including phenoxy) is 8. The molecule has 0 saturated heterocycles. The molecule has 0 spiro atoms. The van der Waals surface area contributed by atoms with Crippen molar-refractivity contribution in [3.05, 3.63) is 127 Å². The second-order valence-electron chi connectivity index (χ2n) is 13.0. The van der Waals surface area contributed by atoms with E-state index < -0.39 is 33.4 Å². The molecule has 6 rings (SSSR count). The summed E-state index contributed by atoms with van der Waals surface area (Å²) >= 11 is 0. The minimum atomic E-state index is -1.88. The van der Waals surface area contributed by atoms with Crippen molar-refractivity contribution < 1.29 is 57.3 Å². The number of nitro benzene ring substituents is 2. The Bertz CT molecular complexity index is 2060. The van der Waals surface area contributed by atoms with E-state index in [-0.39, 0.29) is 36.0 Å². The van der Waals surface area contributed by atoms with E-state index in [1.807, 2.05) is 0 Å². The van der Waals surface area contributed by atoms with Crippen LogP contribution in [0.5, 0.6) is 34.5 Å². The van der Waals surface area contributed by atoms with Crippen molar-refractivity contribution >= 4 is 23.3 Å². The number of rotatable bonds is 14. The van der Waals surface area contributed by atoms with E-state index in [4.69, 9.17) is 37.9 Å². The van der Waals surface area contributed by atoms with Crippen LogP contribution in [0.15, 0.2) is 84.9 Å². The molecule has 18 heteroatoms. The number of carbonyl (C=O) groups is 2. The first-order valence-electron chi connectivity index (χ1n) is 17.9. The maximum absolute atomic E-state index is 13.8. The molecule has 2 heterocycles. The second-order valence-corrected chi connectivity index (χ2v) is 13.0. The van der Waals surface area contributed by atoms with Gasteiger partial charge in [0.1, 0.15) is 11.5 Å². The molecule has 2 aliphatic heterocycles. The molecular weight excluding hydrogens is 760 g/mol. The SMILES string of the molecule is COc1cc2c(cc1OC)C(OC(=O)/C=C\C(=O)OC1(Oc3ccc([N+](=O)[O-])cc3)CNCCc3cc(OC)c(OC)cc31)(Oc1ccc([N+](=O)[O-])cc1)CNCC2. The number of fused-ring (bicyclic) bond motifs is 2. The van der Waals surface area contributed by atoms with Crippen LogP contribution >= 0.6 is 0 Å². The predicted octanol–water partition coefficient (Wildman–Crippen LogP) is 4.64. The molecular formula is C40H40N4O14. The second kappa shape index (κ2) is 17.5. The van der Waals surface area contributed by atoms with E-state index in [9.17, 15) is 29.8 Å². The maximum atomic E-state index is 13.8. The lowest BCUT2D eigenvalue weighted by atomic mass is 9.97. The third kappa shape index (κ3) is 8.72. The minimum absolute atomic E-state index is 0.0730. The first-order chi connectivity index (χ1) is 27.9. The molecule has 0 aromatic heterocycles. The van der Waals surface area contributed by atoms with Gasteiger partial charge >= 0.3 is 11.9 Å². The van der Waals surface area contributed by atoms with Gasteiger partial charge in [-0.1, -0.05) is 0 Å². The van der Waals surface area contributed by atoms with Gasteiger partial charge in [0.15, 0.2) is 23.0 Å². The number of esters is 2. The van der Waals surface area contributed by atoms with Gasteiger partial charge < -0.3 is 48.5 Å². The highest BCUT2D eigenvalue weighted by Gasteiger charge is 2.45. The number of nitrogens with zero attached hydrogens (tertiary/aromatic N) is 2. The van der Waals surface area contributed by atoms with Gasteiger partial charge in [-0.05, 0) is 85.6 Å². The molecule has 2 aliphatic rings. The van der Waals surface area contributed by atoms with Crippen LogP contribution in [-0.4, -0.2) is 76.4 Å². The fourth-order valence-corrected chi connectivity index (χ4v) is 6.70. The molecule has 0 saturated carbocycles. The Morgan fingerprint density at radius 3 is 1.26 bits per heavy atom. The number of nitrogens with one attached hydrogen (secondary N) is 2. The number of hydrogen-bond donors (Lipinski definition) is 2. The Balaban J connectivity index is 1.35. The molecule has 0 fully saturated rings. The monoisotopic (exact) mass is 800 g/mol. The molecule has 0 radical (unpaired) electrons. The molecule has 2 N–H and O–H groups in total. The molecule has 4 aromatic rings. The Kier molecular flexibility index (Phi) is 12.3. The number of benzene rings is 4. The van der Waals surface area contributed by atoms with Gasteiger partial charge in [0.25, 0.3) is 22.9 Å². The largest absolute Gasteiger partial charge is 0.493 e. The van der Waals surface area contributed by atoms with Crippen LogP contribution in [0.4, 0.5) is 11.4 Å². The van der Waals surface area contributed by atoms with Gasteiger partial charge in [0.2, 0.25) is 0 Å². The van der Waals surface area contributed by atoms with E-state index >= 15 is 0 Å². The number of nitro groups is 2. The van der Waals surface area contributed by atoms with Gasteiger partial charge in [-0.25, -0.2) is 9.59 Å². The fourth-order valence-electron chi connectivity index (χ4n) is 6.70. The first-order valence-corrected chi connectivity index (χ1v) is 17.9. The molecule has 2 unspecified atom stereocenters. The Labute approximate surface area is 331 Å². The minimum Gasteiger partial charge on any atom is -0.493 e. The zero-order chi connectivity index (χ0) is 41.5. The molecule has 18 nitrogen and oxygen atoms in total. The van der Waals surface area contributed by atoms with Crippen LogP contribution in [0.25, 0.3) is 0 Å². The number of methoxy groups -OCH3 is 4. The first kappa shape index (κ1) is 40.7. The van der Waals surface area contributed by atoms with Gasteiger partial charge in [-0.15, -0.1) is 0 Å². The molecule has 4 aromatic carbocycles. The van der Waals surface area contributed by atoms with Crippen LogP contribution in [0.2, 0.25) is 0 Å². The molecule has 2 atom stereocenters. The Morgan fingerprint density at radius 2 is 0.931 bits per heavy atom. The molecule has 0 amide bonds. The zero-order valence-corrected chi connectivity index (χ0v) is 31.9. The van der Waals surface area contributed by atoms with Crippen LogP contribution < -0.4 is 39.1 Å². The molecule has 58 heavy (non-hydrogen) atoms. The van der Waals surface area contributed by atoms with Crippen LogP contribution in [-0.2, 0) is 43.5 Å². The van der Waals surface area contributed by atoms with E-state index in [1.165, 1.54) is 77.0 Å². The topological polar surface area (TPSA) is 218 Å². The van der Waals surface area contributed by atoms with Crippen molar-refractivity contribution in [2.45, 2.75) is 24.4 Å². The number of non-ortho nitro benzene ring substituents is 2. The zero-order valence-electron chi connectivity index (χ0n) is 31.9. The molecule has 0 aliphatic carbocycles. The standard InChI is InChI=1S/C40H40N4O14/c1-51-33-19-25-15-17-41-23-39(31(25)21-35(33)53-3,55-29-9-5-27(6-10-29)43(47)48)57-37(45)13-14-38(46)58-40(56-30-11-7-28(8-12-30)44(49)50)24-42-18-16-26-20-34(52-2)36(54-4)22-32(26)40/h5-14,19-22,41-42H,15-18,23-24H2,1-4H3/b14-13-. The average Bonchev–Trinajstić information content (AvgIpc) is 3.50. The van der Waals surface area contributed by atoms with E-state index in [0.29, 0.717) is 71.2 Å². The van der Waals surface area contributed by atoms with Crippen molar-refractivity contribution in [2.75, 3.05) is 54.6 Å². The van der Waals surface area contributed by atoms with Crippen LogP contribution in [0.3, 0.4) is 0 Å². The highest BCUT2D eigenvalue weighted by Crippen LogP contribution is 2.42. The summed E-state index contributed by atoms with van der Waals surface area (Å²) in [5, 5.41) is 29.1. The highest BCUT2D eigenvalue weighted by molar-refractivity contribution is 5.92.